The molecule has 27 heavy (non-hydrogen) atoms. The largest absolute Gasteiger partial charge is 0.496 e. The molecule has 0 N–H and O–H groups in total. The lowest BCUT2D eigenvalue weighted by Crippen LogP contribution is -2.28. The molecule has 0 atom stereocenters. The van der Waals surface area contributed by atoms with Crippen LogP contribution in [0.25, 0.3) is 0 Å². The number of carbonyl (C=O) groups excluding carboxylic acids is 1. The molecule has 0 aliphatic heterocycles. The van der Waals surface area contributed by atoms with Gasteiger partial charge in [0.1, 0.15) is 5.75 Å². The molecule has 2 rings (SSSR count). The second kappa shape index (κ2) is 8.06. The highest BCUT2D eigenvalue weighted by atomic mass is 32.2. The first-order chi connectivity index (χ1) is 12.6. The van der Waals surface area contributed by atoms with Crippen molar-refractivity contribution in [1.29, 1.82) is 0 Å². The number of hydrogen-bond acceptors (Lipinski definition) is 5. The van der Waals surface area contributed by atoms with E-state index in [1.165, 1.54) is 31.1 Å². The van der Waals surface area contributed by atoms with Crippen molar-refractivity contribution in [2.45, 2.75) is 25.3 Å². The number of methoxy groups -OCH3 is 1. The fourth-order valence-corrected chi connectivity index (χ4v) is 3.70. The van der Waals surface area contributed by atoms with Gasteiger partial charge in [-0.1, -0.05) is 6.07 Å². The minimum atomic E-state index is -3.60. The van der Waals surface area contributed by atoms with Crippen LogP contribution in [0.5, 0.6) is 5.75 Å². The molecule has 1 aromatic heterocycles. The van der Waals surface area contributed by atoms with Crippen molar-refractivity contribution in [2.75, 3.05) is 28.3 Å². The maximum Gasteiger partial charge on any atom is 0.253 e. The number of nitrogens with zero attached hydrogens (tertiary/aromatic N) is 3. The van der Waals surface area contributed by atoms with E-state index in [1.807, 2.05) is 13.8 Å². The molecule has 0 unspecified atom stereocenters. The standard InChI is InChI=1S/C19H25N3O4S/c1-13-11-20-17(14(2)18(13)26-6)12-22(5)19(23)15-8-7-9-16(10-15)27(24,25)21(3)4/h7-11H,12H2,1-6H3. The Hall–Kier alpha value is -2.45. The normalized spacial score (nSPS) is 11.5. The second-order valence-electron chi connectivity index (χ2n) is 6.52. The summed E-state index contributed by atoms with van der Waals surface area (Å²) in [5, 5.41) is 0. The Morgan fingerprint density at radius 3 is 2.44 bits per heavy atom. The van der Waals surface area contributed by atoms with Gasteiger partial charge in [-0.25, -0.2) is 12.7 Å². The molecule has 1 heterocycles. The summed E-state index contributed by atoms with van der Waals surface area (Å²) >= 11 is 0. The van der Waals surface area contributed by atoms with Crippen molar-refractivity contribution in [1.82, 2.24) is 14.2 Å². The van der Waals surface area contributed by atoms with E-state index >= 15 is 0 Å². The first kappa shape index (κ1) is 20.9. The number of hydrogen-bond donors (Lipinski definition) is 0. The maximum atomic E-state index is 12.8. The van der Waals surface area contributed by atoms with Gasteiger partial charge in [0, 0.05) is 44.0 Å². The molecule has 0 fully saturated rings. The van der Waals surface area contributed by atoms with Crippen molar-refractivity contribution in [3.8, 4) is 5.75 Å². The average Bonchev–Trinajstić information content (AvgIpc) is 2.63. The van der Waals surface area contributed by atoms with Crippen molar-refractivity contribution in [3.05, 3.63) is 52.8 Å². The highest BCUT2D eigenvalue weighted by Crippen LogP contribution is 2.25. The number of carbonyl (C=O) groups is 1. The Morgan fingerprint density at radius 1 is 1.19 bits per heavy atom. The van der Waals surface area contributed by atoms with E-state index in [4.69, 9.17) is 4.74 Å². The number of sulfonamides is 1. The maximum absolute atomic E-state index is 12.8. The Bertz CT molecular complexity index is 955. The zero-order valence-electron chi connectivity index (χ0n) is 16.5. The smallest absolute Gasteiger partial charge is 0.253 e. The van der Waals surface area contributed by atoms with Gasteiger partial charge in [-0.2, -0.15) is 0 Å². The van der Waals surface area contributed by atoms with Crippen LogP contribution >= 0.6 is 0 Å². The molecule has 0 spiro atoms. The third-order valence-electron chi connectivity index (χ3n) is 4.34. The molecule has 0 aliphatic rings. The number of rotatable bonds is 6. The fourth-order valence-electron chi connectivity index (χ4n) is 2.75. The predicted molar refractivity (Wildman–Crippen MR) is 103 cm³/mol. The summed E-state index contributed by atoms with van der Waals surface area (Å²) in [6.45, 7) is 4.09. The van der Waals surface area contributed by atoms with Crippen LogP contribution in [0.2, 0.25) is 0 Å². The van der Waals surface area contributed by atoms with Gasteiger partial charge >= 0.3 is 0 Å². The Labute approximate surface area is 160 Å². The summed E-state index contributed by atoms with van der Waals surface area (Å²) in [5.41, 5.74) is 2.83. The lowest BCUT2D eigenvalue weighted by molar-refractivity contribution is 0.0783. The van der Waals surface area contributed by atoms with E-state index in [-0.39, 0.29) is 17.3 Å². The second-order valence-corrected chi connectivity index (χ2v) is 8.67. The number of amides is 1. The predicted octanol–water partition coefficient (Wildman–Crippen LogP) is 2.23. The molecule has 7 nitrogen and oxygen atoms in total. The summed E-state index contributed by atoms with van der Waals surface area (Å²) in [5.74, 6) is 0.464. The molecule has 1 amide bonds. The zero-order valence-corrected chi connectivity index (χ0v) is 17.3. The molecular formula is C19H25N3O4S. The van der Waals surface area contributed by atoms with E-state index in [2.05, 4.69) is 4.98 Å². The molecule has 8 heteroatoms. The van der Waals surface area contributed by atoms with Crippen molar-refractivity contribution >= 4 is 15.9 Å². The summed E-state index contributed by atoms with van der Waals surface area (Å²) in [6.07, 6.45) is 1.71. The van der Waals surface area contributed by atoms with E-state index in [0.29, 0.717) is 5.56 Å². The minimum absolute atomic E-state index is 0.0815. The number of benzene rings is 1. The average molecular weight is 391 g/mol. The van der Waals surface area contributed by atoms with Gasteiger partial charge in [-0.15, -0.1) is 0 Å². The quantitative estimate of drug-likeness (QED) is 0.754. The fraction of sp³-hybridized carbons (Fsp3) is 0.368. The number of pyridine rings is 1. The van der Waals surface area contributed by atoms with Crippen molar-refractivity contribution in [2.24, 2.45) is 0 Å². The SMILES string of the molecule is COc1c(C)cnc(CN(C)C(=O)c2cccc(S(=O)(=O)N(C)C)c2)c1C. The number of aryl methyl sites for hydroxylation is 1. The lowest BCUT2D eigenvalue weighted by atomic mass is 10.1. The monoisotopic (exact) mass is 391 g/mol. The van der Waals surface area contributed by atoms with E-state index in [0.717, 1.165) is 26.9 Å². The van der Waals surface area contributed by atoms with E-state index in [9.17, 15) is 13.2 Å². The highest BCUT2D eigenvalue weighted by Gasteiger charge is 2.21. The van der Waals surface area contributed by atoms with Gasteiger partial charge in [0.2, 0.25) is 10.0 Å². The summed E-state index contributed by atoms with van der Waals surface area (Å²) in [6, 6.07) is 6.03. The molecule has 2 aromatic rings. The van der Waals surface area contributed by atoms with E-state index in [1.54, 1.807) is 32.5 Å². The van der Waals surface area contributed by atoms with Gasteiger partial charge in [0.15, 0.2) is 0 Å². The van der Waals surface area contributed by atoms with Crippen LogP contribution in [0.3, 0.4) is 0 Å². The first-order valence-electron chi connectivity index (χ1n) is 8.36. The topological polar surface area (TPSA) is 79.8 Å². The van der Waals surface area contributed by atoms with Gasteiger partial charge in [-0.05, 0) is 32.0 Å². The van der Waals surface area contributed by atoms with Crippen LogP contribution < -0.4 is 4.74 Å². The highest BCUT2D eigenvalue weighted by molar-refractivity contribution is 7.89. The summed E-state index contributed by atoms with van der Waals surface area (Å²) in [4.78, 5) is 18.8. The van der Waals surface area contributed by atoms with Crippen molar-refractivity contribution < 1.29 is 17.9 Å². The third-order valence-corrected chi connectivity index (χ3v) is 6.15. The molecule has 0 aliphatic carbocycles. The van der Waals surface area contributed by atoms with Crippen LogP contribution in [0.4, 0.5) is 0 Å². The van der Waals surface area contributed by atoms with Gasteiger partial charge in [0.25, 0.3) is 5.91 Å². The number of ether oxygens (including phenoxy) is 1. The van der Waals surface area contributed by atoms with Crippen molar-refractivity contribution in [3.63, 3.8) is 0 Å². The molecule has 1 aromatic carbocycles. The Balaban J connectivity index is 2.29. The van der Waals surface area contributed by atoms with Crippen LogP contribution in [0.1, 0.15) is 27.2 Å². The van der Waals surface area contributed by atoms with Crippen LogP contribution in [-0.4, -0.2) is 56.8 Å². The third kappa shape index (κ3) is 4.28. The molecule has 0 saturated heterocycles. The Kier molecular flexibility index (Phi) is 6.22. The van der Waals surface area contributed by atoms with Gasteiger partial charge in [0.05, 0.1) is 24.2 Å². The molecule has 0 radical (unpaired) electrons. The summed E-state index contributed by atoms with van der Waals surface area (Å²) in [7, 11) is 2.56. The first-order valence-corrected chi connectivity index (χ1v) is 9.80. The van der Waals surface area contributed by atoms with E-state index < -0.39 is 10.0 Å². The van der Waals surface area contributed by atoms with Crippen LogP contribution in [0, 0.1) is 13.8 Å². The lowest BCUT2D eigenvalue weighted by Gasteiger charge is -2.20. The molecule has 0 bridgehead atoms. The molecule has 0 saturated carbocycles. The van der Waals surface area contributed by atoms with Gasteiger partial charge < -0.3 is 9.64 Å². The zero-order chi connectivity index (χ0) is 20.4. The number of aromatic nitrogens is 1. The van der Waals surface area contributed by atoms with Gasteiger partial charge in [-0.3, -0.25) is 9.78 Å². The Morgan fingerprint density at radius 2 is 1.85 bits per heavy atom. The summed E-state index contributed by atoms with van der Waals surface area (Å²) < 4.78 is 31.1. The molecular weight excluding hydrogens is 366 g/mol. The molecule has 146 valence electrons. The van der Waals surface area contributed by atoms with Crippen LogP contribution in [-0.2, 0) is 16.6 Å². The van der Waals surface area contributed by atoms with Crippen LogP contribution in [0.15, 0.2) is 35.4 Å². The minimum Gasteiger partial charge on any atom is -0.496 e.